The third-order valence-corrected chi connectivity index (χ3v) is 4.00. The Morgan fingerprint density at radius 3 is 2.60 bits per heavy atom. The highest BCUT2D eigenvalue weighted by atomic mass is 35.5. The molecule has 0 saturated heterocycles. The zero-order chi connectivity index (χ0) is 18.1. The number of nitrogens with zero attached hydrogens (tertiary/aromatic N) is 2. The second-order valence-corrected chi connectivity index (χ2v) is 5.91. The number of amides is 1. The second-order valence-electron chi connectivity index (χ2n) is 5.53. The third kappa shape index (κ3) is 5.64. The molecule has 0 fully saturated rings. The fourth-order valence-corrected chi connectivity index (χ4v) is 2.61. The molecule has 1 aromatic heterocycles. The van der Waals surface area contributed by atoms with Gasteiger partial charge in [0, 0.05) is 37.1 Å². The molecule has 0 spiro atoms. The van der Waals surface area contributed by atoms with Crippen LogP contribution in [-0.4, -0.2) is 46.9 Å². The molecule has 0 aliphatic rings. The van der Waals surface area contributed by atoms with Crippen molar-refractivity contribution in [2.75, 3.05) is 25.6 Å². The highest BCUT2D eigenvalue weighted by molar-refractivity contribution is 6.17. The number of benzene rings is 1. The van der Waals surface area contributed by atoms with Gasteiger partial charge in [0.25, 0.3) is 5.91 Å². The smallest absolute Gasteiger partial charge is 0.307 e. The molecule has 1 heterocycles. The number of esters is 1. The normalized spacial score (nSPS) is 10.5. The molecule has 0 aliphatic heterocycles. The Hall–Kier alpha value is -2.27. The molecule has 1 amide bonds. The molecule has 0 unspecified atom stereocenters. The maximum atomic E-state index is 12.8. The first-order valence-corrected chi connectivity index (χ1v) is 8.93. The summed E-state index contributed by atoms with van der Waals surface area (Å²) in [6.07, 6.45) is 4.51. The van der Waals surface area contributed by atoms with Crippen molar-refractivity contribution in [3.05, 3.63) is 54.4 Å². The molecule has 0 radical (unpaired) electrons. The number of rotatable bonds is 9. The van der Waals surface area contributed by atoms with E-state index in [1.807, 2.05) is 41.1 Å². The lowest BCUT2D eigenvalue weighted by Crippen LogP contribution is -2.34. The first-order valence-electron chi connectivity index (χ1n) is 8.40. The zero-order valence-corrected chi connectivity index (χ0v) is 15.1. The third-order valence-electron chi connectivity index (χ3n) is 3.73. The van der Waals surface area contributed by atoms with Crippen LogP contribution >= 0.6 is 11.6 Å². The van der Waals surface area contributed by atoms with E-state index in [4.69, 9.17) is 16.3 Å². The number of aromatic nitrogens is 1. The monoisotopic (exact) mass is 362 g/mol. The molecule has 2 rings (SSSR count). The largest absolute Gasteiger partial charge is 0.466 e. The lowest BCUT2D eigenvalue weighted by atomic mass is 10.2. The minimum atomic E-state index is -0.298. The highest BCUT2D eigenvalue weighted by Gasteiger charge is 2.18. The topological polar surface area (TPSA) is 51.5 Å². The van der Waals surface area contributed by atoms with Crippen LogP contribution in [0, 0.1) is 0 Å². The van der Waals surface area contributed by atoms with Gasteiger partial charge in [-0.15, -0.1) is 11.6 Å². The van der Waals surface area contributed by atoms with Crippen LogP contribution in [0.2, 0.25) is 0 Å². The summed E-state index contributed by atoms with van der Waals surface area (Å²) in [4.78, 5) is 26.0. The summed E-state index contributed by atoms with van der Waals surface area (Å²) < 4.78 is 6.84. The summed E-state index contributed by atoms with van der Waals surface area (Å²) in [5.74, 6) is 0.0610. The van der Waals surface area contributed by atoms with Gasteiger partial charge in [-0.1, -0.05) is 18.2 Å². The summed E-state index contributed by atoms with van der Waals surface area (Å²) in [5.41, 5.74) is 1.57. The second kappa shape index (κ2) is 9.89. The zero-order valence-electron chi connectivity index (χ0n) is 14.4. The summed E-state index contributed by atoms with van der Waals surface area (Å²) >= 11 is 5.76. The van der Waals surface area contributed by atoms with E-state index in [-0.39, 0.29) is 18.3 Å². The number of carbonyl (C=O) groups is 2. The minimum Gasteiger partial charge on any atom is -0.466 e. The maximum absolute atomic E-state index is 12.8. The Bertz CT molecular complexity index is 685. The number of halogens is 1. The van der Waals surface area contributed by atoms with E-state index in [2.05, 4.69) is 0 Å². The number of hydrogen-bond donors (Lipinski definition) is 0. The molecular weight excluding hydrogens is 340 g/mol. The van der Waals surface area contributed by atoms with E-state index < -0.39 is 0 Å². The Morgan fingerprint density at radius 2 is 1.92 bits per heavy atom. The van der Waals surface area contributed by atoms with E-state index in [1.165, 1.54) is 0 Å². The average Bonchev–Trinajstić information content (AvgIpc) is 3.12. The van der Waals surface area contributed by atoms with Gasteiger partial charge in [-0.3, -0.25) is 9.59 Å². The molecule has 6 heteroatoms. The number of ether oxygens (including phenoxy) is 1. The molecule has 0 saturated carbocycles. The summed E-state index contributed by atoms with van der Waals surface area (Å²) in [7, 11) is 0. The van der Waals surface area contributed by atoms with Gasteiger partial charge in [0.05, 0.1) is 18.6 Å². The van der Waals surface area contributed by atoms with E-state index in [1.54, 1.807) is 24.1 Å². The van der Waals surface area contributed by atoms with Crippen molar-refractivity contribution in [3.8, 4) is 5.69 Å². The van der Waals surface area contributed by atoms with Gasteiger partial charge in [-0.05, 0) is 31.5 Å². The fourth-order valence-electron chi connectivity index (χ4n) is 2.49. The van der Waals surface area contributed by atoms with Gasteiger partial charge in [0.15, 0.2) is 0 Å². The lowest BCUT2D eigenvalue weighted by molar-refractivity contribution is -0.143. The predicted octanol–water partition coefficient (Wildman–Crippen LogP) is 3.50. The molecule has 25 heavy (non-hydrogen) atoms. The van der Waals surface area contributed by atoms with Gasteiger partial charge < -0.3 is 14.2 Å². The van der Waals surface area contributed by atoms with Crippen LogP contribution in [0.4, 0.5) is 0 Å². The van der Waals surface area contributed by atoms with Crippen molar-refractivity contribution in [1.82, 2.24) is 9.47 Å². The van der Waals surface area contributed by atoms with Crippen molar-refractivity contribution in [1.29, 1.82) is 0 Å². The van der Waals surface area contributed by atoms with Crippen molar-refractivity contribution >= 4 is 23.5 Å². The molecule has 0 bridgehead atoms. The SMILES string of the molecule is CCOC(=O)CCN(CCCCl)C(=O)c1ccn(-c2ccccc2)c1. The minimum absolute atomic E-state index is 0.107. The van der Waals surface area contributed by atoms with E-state index in [0.717, 1.165) is 5.69 Å². The van der Waals surface area contributed by atoms with Crippen molar-refractivity contribution in [3.63, 3.8) is 0 Å². The van der Waals surface area contributed by atoms with Gasteiger partial charge >= 0.3 is 5.97 Å². The number of hydrogen-bond acceptors (Lipinski definition) is 3. The lowest BCUT2D eigenvalue weighted by Gasteiger charge is -2.21. The Balaban J connectivity index is 2.07. The van der Waals surface area contributed by atoms with E-state index in [0.29, 0.717) is 37.6 Å². The first kappa shape index (κ1) is 19.1. The summed E-state index contributed by atoms with van der Waals surface area (Å²) in [5, 5.41) is 0. The maximum Gasteiger partial charge on any atom is 0.307 e. The predicted molar refractivity (Wildman–Crippen MR) is 98.3 cm³/mol. The Labute approximate surface area is 153 Å². The molecule has 1 aromatic carbocycles. The number of alkyl halides is 1. The van der Waals surface area contributed by atoms with Crippen LogP contribution in [0.1, 0.15) is 30.1 Å². The molecule has 134 valence electrons. The molecule has 0 atom stereocenters. The molecule has 0 N–H and O–H groups in total. The average molecular weight is 363 g/mol. The van der Waals surface area contributed by atoms with E-state index >= 15 is 0 Å². The molecule has 5 nitrogen and oxygen atoms in total. The van der Waals surface area contributed by atoms with Crippen molar-refractivity contribution in [2.45, 2.75) is 19.8 Å². The molecule has 0 aliphatic carbocycles. The summed E-state index contributed by atoms with van der Waals surface area (Å²) in [6.45, 7) is 2.94. The highest BCUT2D eigenvalue weighted by Crippen LogP contribution is 2.13. The Morgan fingerprint density at radius 1 is 1.16 bits per heavy atom. The van der Waals surface area contributed by atoms with Crippen LogP contribution < -0.4 is 0 Å². The van der Waals surface area contributed by atoms with Crippen LogP contribution in [-0.2, 0) is 9.53 Å². The molecular formula is C19H23ClN2O3. The van der Waals surface area contributed by atoms with Gasteiger partial charge in [0.2, 0.25) is 0 Å². The standard InChI is InChI=1S/C19H23ClN2O3/c1-2-25-18(23)10-14-21(12-6-11-20)19(24)16-9-13-22(15-16)17-7-4-3-5-8-17/h3-5,7-9,13,15H,2,6,10-12,14H2,1H3. The van der Waals surface area contributed by atoms with Gasteiger partial charge in [-0.2, -0.15) is 0 Å². The number of para-hydroxylation sites is 1. The van der Waals surface area contributed by atoms with Crippen LogP contribution in [0.25, 0.3) is 5.69 Å². The quantitative estimate of drug-likeness (QED) is 0.506. The summed E-state index contributed by atoms with van der Waals surface area (Å²) in [6, 6.07) is 11.6. The Kier molecular flexibility index (Phi) is 7.54. The first-order chi connectivity index (χ1) is 12.2. The van der Waals surface area contributed by atoms with E-state index in [9.17, 15) is 9.59 Å². The van der Waals surface area contributed by atoms with Crippen LogP contribution in [0.15, 0.2) is 48.8 Å². The van der Waals surface area contributed by atoms with Gasteiger partial charge in [0.1, 0.15) is 0 Å². The fraction of sp³-hybridized carbons (Fsp3) is 0.368. The molecule has 2 aromatic rings. The number of carbonyl (C=O) groups excluding carboxylic acids is 2. The van der Waals surface area contributed by atoms with Crippen molar-refractivity contribution in [2.24, 2.45) is 0 Å². The van der Waals surface area contributed by atoms with Crippen LogP contribution in [0.3, 0.4) is 0 Å². The van der Waals surface area contributed by atoms with Gasteiger partial charge in [-0.25, -0.2) is 0 Å². The van der Waals surface area contributed by atoms with Crippen LogP contribution in [0.5, 0.6) is 0 Å². The van der Waals surface area contributed by atoms with Crippen molar-refractivity contribution < 1.29 is 14.3 Å².